The quantitative estimate of drug-likeness (QED) is 0.830. The molecule has 2 aromatic rings. The van der Waals surface area contributed by atoms with Crippen LogP contribution >= 0.6 is 0 Å². The summed E-state index contributed by atoms with van der Waals surface area (Å²) in [7, 11) is 1.42. The number of nitrogens with two attached hydrogens (primary N) is 1. The zero-order valence-corrected chi connectivity index (χ0v) is 14.5. The fraction of sp³-hybridized carbons (Fsp3) is 0.471. The molecule has 1 saturated heterocycles. The van der Waals surface area contributed by atoms with Gasteiger partial charge in [0.2, 0.25) is 11.9 Å². The number of likely N-dealkylation sites (N-methyl/N-ethyl adjacent to an activating group) is 1. The Hall–Kier alpha value is -2.48. The van der Waals surface area contributed by atoms with Gasteiger partial charge in [0.1, 0.15) is 5.82 Å². The number of ether oxygens (including phenoxy) is 1. The lowest BCUT2D eigenvalue weighted by atomic mass is 10.1. The van der Waals surface area contributed by atoms with Crippen molar-refractivity contribution >= 4 is 17.6 Å². The second-order valence-corrected chi connectivity index (χ2v) is 6.04. The molecule has 1 aromatic carbocycles. The highest BCUT2D eigenvalue weighted by Crippen LogP contribution is 2.23. The third kappa shape index (κ3) is 4.14. The van der Waals surface area contributed by atoms with Gasteiger partial charge in [-0.2, -0.15) is 15.0 Å². The maximum absolute atomic E-state index is 13.8. The summed E-state index contributed by atoms with van der Waals surface area (Å²) in [6.45, 7) is 4.28. The second-order valence-electron chi connectivity index (χ2n) is 6.04. The van der Waals surface area contributed by atoms with Crippen LogP contribution in [0.4, 0.5) is 22.0 Å². The van der Waals surface area contributed by atoms with Gasteiger partial charge in [-0.3, -0.25) is 0 Å². The topological polar surface area (TPSA) is 89.2 Å². The molecular weight excluding hydrogens is 323 g/mol. The molecule has 134 valence electrons. The number of nitrogens with zero attached hydrogens (tertiary/aromatic N) is 4. The Balaban J connectivity index is 1.76. The van der Waals surface area contributed by atoms with Gasteiger partial charge in [-0.25, -0.2) is 4.39 Å². The number of hydrogen-bond acceptors (Lipinski definition) is 7. The smallest absolute Gasteiger partial charge is 0.232 e. The SMILES string of the molecule is CCN1CCCC1Cc1nc(N)nc(Nc2ccc(OC)c(F)c2)n1. The van der Waals surface area contributed by atoms with Gasteiger partial charge in [0.05, 0.1) is 7.11 Å². The van der Waals surface area contributed by atoms with Gasteiger partial charge in [0.25, 0.3) is 0 Å². The number of anilines is 3. The highest BCUT2D eigenvalue weighted by atomic mass is 19.1. The summed E-state index contributed by atoms with van der Waals surface area (Å²) in [6.07, 6.45) is 3.05. The zero-order valence-electron chi connectivity index (χ0n) is 14.5. The van der Waals surface area contributed by atoms with Crippen molar-refractivity contribution in [1.82, 2.24) is 19.9 Å². The molecule has 8 heteroatoms. The maximum Gasteiger partial charge on any atom is 0.232 e. The third-order valence-electron chi connectivity index (χ3n) is 4.43. The van der Waals surface area contributed by atoms with Crippen molar-refractivity contribution < 1.29 is 9.13 Å². The fourth-order valence-corrected chi connectivity index (χ4v) is 3.21. The molecule has 2 heterocycles. The average Bonchev–Trinajstić information content (AvgIpc) is 3.01. The van der Waals surface area contributed by atoms with Crippen LogP contribution in [0.25, 0.3) is 0 Å². The predicted octanol–water partition coefficient (Wildman–Crippen LogP) is 2.37. The zero-order chi connectivity index (χ0) is 17.8. The first-order chi connectivity index (χ1) is 12.1. The van der Waals surface area contributed by atoms with Crippen molar-refractivity contribution in [3.8, 4) is 5.75 Å². The Morgan fingerprint density at radius 3 is 2.92 bits per heavy atom. The maximum atomic E-state index is 13.8. The van der Waals surface area contributed by atoms with Gasteiger partial charge < -0.3 is 20.7 Å². The molecule has 3 rings (SSSR count). The molecule has 1 fully saturated rings. The largest absolute Gasteiger partial charge is 0.494 e. The van der Waals surface area contributed by atoms with E-state index >= 15 is 0 Å². The van der Waals surface area contributed by atoms with E-state index in [9.17, 15) is 4.39 Å². The van der Waals surface area contributed by atoms with E-state index in [1.807, 2.05) is 0 Å². The van der Waals surface area contributed by atoms with Crippen LogP contribution in [0, 0.1) is 5.82 Å². The summed E-state index contributed by atoms with van der Waals surface area (Å²) in [5.74, 6) is 0.839. The highest BCUT2D eigenvalue weighted by Gasteiger charge is 2.24. The van der Waals surface area contributed by atoms with E-state index in [1.54, 1.807) is 12.1 Å². The van der Waals surface area contributed by atoms with E-state index in [2.05, 4.69) is 32.1 Å². The van der Waals surface area contributed by atoms with E-state index < -0.39 is 5.82 Å². The minimum atomic E-state index is -0.459. The molecule has 1 atom stereocenters. The Morgan fingerprint density at radius 2 is 2.20 bits per heavy atom. The molecule has 0 saturated carbocycles. The van der Waals surface area contributed by atoms with Gasteiger partial charge in [-0.05, 0) is 38.1 Å². The van der Waals surface area contributed by atoms with Crippen molar-refractivity contribution in [3.05, 3.63) is 29.8 Å². The first kappa shape index (κ1) is 17.3. The molecule has 25 heavy (non-hydrogen) atoms. The Kier molecular flexibility index (Phi) is 5.28. The van der Waals surface area contributed by atoms with Gasteiger partial charge in [-0.15, -0.1) is 0 Å². The summed E-state index contributed by atoms with van der Waals surface area (Å²) in [4.78, 5) is 15.2. The second kappa shape index (κ2) is 7.60. The molecule has 1 aliphatic rings. The van der Waals surface area contributed by atoms with Crippen LogP contribution in [-0.2, 0) is 6.42 Å². The highest BCUT2D eigenvalue weighted by molar-refractivity contribution is 5.55. The molecule has 0 spiro atoms. The van der Waals surface area contributed by atoms with Crippen LogP contribution in [0.1, 0.15) is 25.6 Å². The molecular formula is C17H23FN6O. The number of methoxy groups -OCH3 is 1. The van der Waals surface area contributed by atoms with Gasteiger partial charge in [-0.1, -0.05) is 6.92 Å². The lowest BCUT2D eigenvalue weighted by molar-refractivity contribution is 0.263. The minimum absolute atomic E-state index is 0.155. The number of nitrogens with one attached hydrogen (secondary N) is 1. The molecule has 0 radical (unpaired) electrons. The molecule has 1 aromatic heterocycles. The van der Waals surface area contributed by atoms with E-state index in [0.717, 1.165) is 25.9 Å². The monoisotopic (exact) mass is 346 g/mol. The van der Waals surface area contributed by atoms with Crippen LogP contribution in [0.3, 0.4) is 0 Å². The molecule has 0 aliphatic carbocycles. The van der Waals surface area contributed by atoms with Crippen molar-refractivity contribution in [2.45, 2.75) is 32.2 Å². The molecule has 3 N–H and O–H groups in total. The first-order valence-electron chi connectivity index (χ1n) is 8.44. The van der Waals surface area contributed by atoms with Crippen LogP contribution in [0.2, 0.25) is 0 Å². The van der Waals surface area contributed by atoms with Gasteiger partial charge in [0, 0.05) is 24.2 Å². The molecule has 0 bridgehead atoms. The molecule has 0 amide bonds. The van der Waals surface area contributed by atoms with Crippen molar-refractivity contribution in [3.63, 3.8) is 0 Å². The van der Waals surface area contributed by atoms with Crippen LogP contribution in [-0.4, -0.2) is 46.1 Å². The number of likely N-dealkylation sites (tertiary alicyclic amines) is 1. The summed E-state index contributed by atoms with van der Waals surface area (Å²) in [5, 5.41) is 2.98. The molecule has 1 aliphatic heterocycles. The number of aromatic nitrogens is 3. The Labute approximate surface area is 146 Å². The normalized spacial score (nSPS) is 17.6. The summed E-state index contributed by atoms with van der Waals surface area (Å²) in [5.41, 5.74) is 6.34. The van der Waals surface area contributed by atoms with Crippen LogP contribution in [0.5, 0.6) is 5.75 Å². The lowest BCUT2D eigenvalue weighted by Gasteiger charge is -2.22. The van der Waals surface area contributed by atoms with Crippen molar-refractivity contribution in [2.24, 2.45) is 0 Å². The lowest BCUT2D eigenvalue weighted by Crippen LogP contribution is -2.31. The van der Waals surface area contributed by atoms with Crippen LogP contribution in [0.15, 0.2) is 18.2 Å². The third-order valence-corrected chi connectivity index (χ3v) is 4.43. The molecule has 1 unspecified atom stereocenters. The van der Waals surface area contributed by atoms with Crippen molar-refractivity contribution in [2.75, 3.05) is 31.2 Å². The standard InChI is InChI=1S/C17H23FN6O/c1-3-24-8-4-5-12(24)10-15-21-16(19)23-17(22-15)20-11-6-7-14(25-2)13(18)9-11/h6-7,9,12H,3-5,8,10H2,1-2H3,(H3,19,20,21,22,23). The van der Waals surface area contributed by atoms with Gasteiger partial charge in [0.15, 0.2) is 11.6 Å². The number of hydrogen-bond donors (Lipinski definition) is 2. The minimum Gasteiger partial charge on any atom is -0.494 e. The van der Waals surface area contributed by atoms with E-state index in [4.69, 9.17) is 10.5 Å². The predicted molar refractivity (Wildman–Crippen MR) is 94.4 cm³/mol. The first-order valence-corrected chi connectivity index (χ1v) is 8.44. The number of nitrogen functional groups attached to an aromatic ring is 1. The Bertz CT molecular complexity index is 741. The number of halogens is 1. The number of rotatable bonds is 6. The van der Waals surface area contributed by atoms with Gasteiger partial charge >= 0.3 is 0 Å². The van der Waals surface area contributed by atoms with E-state index in [0.29, 0.717) is 23.5 Å². The summed E-state index contributed by atoms with van der Waals surface area (Å²) in [6, 6.07) is 4.99. The van der Waals surface area contributed by atoms with Crippen LogP contribution < -0.4 is 15.8 Å². The van der Waals surface area contributed by atoms with E-state index in [-0.39, 0.29) is 11.7 Å². The average molecular weight is 346 g/mol. The summed E-state index contributed by atoms with van der Waals surface area (Å²) < 4.78 is 18.7. The Morgan fingerprint density at radius 1 is 1.36 bits per heavy atom. The molecule has 7 nitrogen and oxygen atoms in total. The van der Waals surface area contributed by atoms with Crippen molar-refractivity contribution in [1.29, 1.82) is 0 Å². The fourth-order valence-electron chi connectivity index (χ4n) is 3.21. The number of benzene rings is 1. The van der Waals surface area contributed by atoms with E-state index in [1.165, 1.54) is 19.6 Å². The summed E-state index contributed by atoms with van der Waals surface area (Å²) >= 11 is 0.